The van der Waals surface area contributed by atoms with Crippen molar-refractivity contribution >= 4 is 17.5 Å². The third-order valence-corrected chi connectivity index (χ3v) is 10.4. The molecule has 1 amide bonds. The number of phenolic OH excluding ortho intramolecular Hbond substituents is 2. The minimum absolute atomic E-state index is 0.0667. The predicted octanol–water partition coefficient (Wildman–Crippen LogP) is 2.06. The zero-order chi connectivity index (χ0) is 30.2. The van der Waals surface area contributed by atoms with Crippen LogP contribution >= 0.6 is 0 Å². The van der Waals surface area contributed by atoms with Crippen LogP contribution in [0, 0.1) is 34.5 Å². The number of primary amides is 1. The first-order valence-corrected chi connectivity index (χ1v) is 14.2. The topological polar surface area (TPSA) is 178 Å². The molecule has 9 heteroatoms. The molecule has 9 nitrogen and oxygen atoms in total. The van der Waals surface area contributed by atoms with Crippen molar-refractivity contribution in [3.05, 3.63) is 58.7 Å². The summed E-state index contributed by atoms with van der Waals surface area (Å²) in [5, 5.41) is 55.7. The lowest BCUT2D eigenvalue weighted by atomic mass is 9.39. The number of rotatable bonds is 5. The van der Waals surface area contributed by atoms with Gasteiger partial charge in [0.2, 0.25) is 5.91 Å². The summed E-state index contributed by atoms with van der Waals surface area (Å²) in [6.07, 6.45) is -1.79. The van der Waals surface area contributed by atoms with Crippen molar-refractivity contribution in [3.63, 3.8) is 0 Å². The Bertz CT molecular complexity index is 1420. The first-order valence-electron chi connectivity index (χ1n) is 14.2. The fraction of sp³-hybridized carbons (Fsp3) is 0.531. The van der Waals surface area contributed by atoms with Gasteiger partial charge in [-0.05, 0) is 77.8 Å². The van der Waals surface area contributed by atoms with Crippen LogP contribution in [0.1, 0.15) is 61.2 Å². The van der Waals surface area contributed by atoms with Gasteiger partial charge in [0, 0.05) is 5.41 Å². The maximum atomic E-state index is 14.2. The molecular formula is C32H39NO8. The molecule has 2 unspecified atom stereocenters. The van der Waals surface area contributed by atoms with Gasteiger partial charge in [0.15, 0.2) is 17.2 Å². The molecular weight excluding hydrogens is 526 g/mol. The van der Waals surface area contributed by atoms with Gasteiger partial charge in [0.05, 0.1) is 17.6 Å². The van der Waals surface area contributed by atoms with Crippen molar-refractivity contribution in [1.82, 2.24) is 0 Å². The third kappa shape index (κ3) is 4.04. The van der Waals surface area contributed by atoms with E-state index in [1.54, 1.807) is 25.1 Å². The third-order valence-electron chi connectivity index (χ3n) is 10.4. The molecule has 0 bridgehead atoms. The van der Waals surface area contributed by atoms with E-state index in [9.17, 15) is 39.9 Å². The highest BCUT2D eigenvalue weighted by Gasteiger charge is 2.75. The molecule has 3 aliphatic rings. The molecule has 0 aromatic heterocycles. The van der Waals surface area contributed by atoms with Gasteiger partial charge < -0.3 is 31.3 Å². The van der Waals surface area contributed by atoms with E-state index in [1.165, 1.54) is 6.07 Å². The number of fused-ring (bicyclic) bond motifs is 3. The Labute approximate surface area is 239 Å². The Morgan fingerprint density at radius 1 is 1.02 bits per heavy atom. The second-order valence-corrected chi connectivity index (χ2v) is 13.2. The van der Waals surface area contributed by atoms with Gasteiger partial charge in [-0.1, -0.05) is 45.9 Å². The van der Waals surface area contributed by atoms with Crippen molar-refractivity contribution in [2.75, 3.05) is 0 Å². The van der Waals surface area contributed by atoms with Gasteiger partial charge in [0.1, 0.15) is 23.5 Å². The largest absolute Gasteiger partial charge is 0.508 e. The standard InChI is InChI=1S/C32H39NO8/c1-15(2)23-26(37)22(29(33)40)27(38)32(41)28(39)24-25(36)21-19(13-30(24,3)14-31(23,32)4)17(9-12-20(21)35)8-5-16-6-10-18(34)11-7-16/h6-7,9-12,15,22-24,26,28,34-35,37,39,41H,5,8,13-14H2,1-4H3,(H2,33,40)/t22-,23+,24-,26?,28?,30-,31-,32+/m1/s1. The summed E-state index contributed by atoms with van der Waals surface area (Å²) in [6, 6.07) is 10.1. The quantitative estimate of drug-likeness (QED) is 0.298. The Kier molecular flexibility index (Phi) is 6.88. The van der Waals surface area contributed by atoms with Crippen LogP contribution in [-0.2, 0) is 28.9 Å². The fourth-order valence-electron chi connectivity index (χ4n) is 8.77. The van der Waals surface area contributed by atoms with E-state index in [4.69, 9.17) is 5.73 Å². The Hall–Kier alpha value is -3.27. The lowest BCUT2D eigenvalue weighted by Crippen LogP contribution is -2.79. The molecule has 0 radical (unpaired) electrons. The Morgan fingerprint density at radius 2 is 1.66 bits per heavy atom. The van der Waals surface area contributed by atoms with Gasteiger partial charge in [0.25, 0.3) is 0 Å². The lowest BCUT2D eigenvalue weighted by molar-refractivity contribution is -0.265. The number of Topliss-reactive ketones (excluding diaryl/α,β-unsaturated/α-hetero) is 2. The van der Waals surface area contributed by atoms with Crippen LogP contribution in [0.3, 0.4) is 0 Å². The van der Waals surface area contributed by atoms with Gasteiger partial charge in [-0.25, -0.2) is 0 Å². The summed E-state index contributed by atoms with van der Waals surface area (Å²) >= 11 is 0. The highest BCUT2D eigenvalue weighted by Crippen LogP contribution is 2.65. The summed E-state index contributed by atoms with van der Waals surface area (Å²) in [7, 11) is 0. The van der Waals surface area contributed by atoms with E-state index < -0.39 is 63.9 Å². The van der Waals surface area contributed by atoms with E-state index in [-0.39, 0.29) is 35.8 Å². The minimum atomic E-state index is -2.52. The number of carbonyl (C=O) groups excluding carboxylic acids is 3. The van der Waals surface area contributed by atoms with Crippen molar-refractivity contribution in [2.24, 2.45) is 40.2 Å². The Morgan fingerprint density at radius 3 is 2.24 bits per heavy atom. The first kappa shape index (κ1) is 29.2. The van der Waals surface area contributed by atoms with Crippen LogP contribution in [0.4, 0.5) is 0 Å². The van der Waals surface area contributed by atoms with Crippen LogP contribution < -0.4 is 5.73 Å². The fourth-order valence-corrected chi connectivity index (χ4v) is 8.77. The molecule has 0 heterocycles. The second kappa shape index (κ2) is 9.64. The monoisotopic (exact) mass is 565 g/mol. The molecule has 41 heavy (non-hydrogen) atoms. The molecule has 5 rings (SSSR count). The smallest absolute Gasteiger partial charge is 0.230 e. The molecule has 0 spiro atoms. The molecule has 3 aliphatic carbocycles. The zero-order valence-electron chi connectivity index (χ0n) is 23.8. The zero-order valence-corrected chi connectivity index (χ0v) is 23.8. The average Bonchev–Trinajstić information content (AvgIpc) is 2.86. The molecule has 2 saturated carbocycles. The van der Waals surface area contributed by atoms with Crippen molar-refractivity contribution in [1.29, 1.82) is 0 Å². The number of aliphatic hydroxyl groups is 3. The molecule has 220 valence electrons. The molecule has 2 aromatic rings. The van der Waals surface area contributed by atoms with E-state index in [2.05, 4.69) is 0 Å². The van der Waals surface area contributed by atoms with Gasteiger partial charge in [-0.3, -0.25) is 14.4 Å². The molecule has 2 fully saturated rings. The Balaban J connectivity index is 1.62. The van der Waals surface area contributed by atoms with Crippen LogP contribution in [0.25, 0.3) is 0 Å². The number of nitrogens with two attached hydrogens (primary N) is 1. The summed E-state index contributed by atoms with van der Waals surface area (Å²) < 4.78 is 0. The minimum Gasteiger partial charge on any atom is -0.508 e. The number of benzene rings is 2. The molecule has 0 aliphatic heterocycles. The van der Waals surface area contributed by atoms with Crippen molar-refractivity contribution in [2.45, 2.75) is 71.2 Å². The number of carbonyl (C=O) groups is 3. The average molecular weight is 566 g/mol. The molecule has 2 aromatic carbocycles. The number of phenols is 2. The highest BCUT2D eigenvalue weighted by atomic mass is 16.4. The van der Waals surface area contributed by atoms with Gasteiger partial charge >= 0.3 is 0 Å². The van der Waals surface area contributed by atoms with Crippen LogP contribution in [0.15, 0.2) is 36.4 Å². The maximum absolute atomic E-state index is 14.2. The number of amides is 1. The lowest BCUT2D eigenvalue weighted by Gasteiger charge is -2.66. The van der Waals surface area contributed by atoms with Gasteiger partial charge in [-0.2, -0.15) is 0 Å². The van der Waals surface area contributed by atoms with E-state index in [0.717, 1.165) is 11.1 Å². The van der Waals surface area contributed by atoms with Gasteiger partial charge in [-0.15, -0.1) is 0 Å². The van der Waals surface area contributed by atoms with Crippen LogP contribution in [0.2, 0.25) is 0 Å². The van der Waals surface area contributed by atoms with E-state index in [0.29, 0.717) is 18.4 Å². The predicted molar refractivity (Wildman–Crippen MR) is 149 cm³/mol. The number of aryl methyl sites for hydroxylation is 2. The number of aromatic hydroxyl groups is 2. The SMILES string of the molecule is CC(C)[C@H]1C(O)[C@@H](C(N)=O)C(=O)[C@]2(O)C(O)[C@H]3C(=O)c4c(O)ccc(CCc5ccc(O)cc5)c4C[C@]3(C)C[C@]12C. The maximum Gasteiger partial charge on any atom is 0.230 e. The number of ketones is 2. The normalized spacial score (nSPS) is 36.4. The second-order valence-electron chi connectivity index (χ2n) is 13.2. The molecule has 7 N–H and O–H groups in total. The van der Waals surface area contributed by atoms with Crippen LogP contribution in [-0.4, -0.2) is 60.8 Å². The van der Waals surface area contributed by atoms with Crippen LogP contribution in [0.5, 0.6) is 11.5 Å². The van der Waals surface area contributed by atoms with Crippen molar-refractivity contribution in [3.8, 4) is 11.5 Å². The number of hydrogen-bond acceptors (Lipinski definition) is 8. The van der Waals surface area contributed by atoms with E-state index >= 15 is 0 Å². The number of hydrogen-bond donors (Lipinski definition) is 6. The summed E-state index contributed by atoms with van der Waals surface area (Å²) in [4.78, 5) is 40.3. The number of aliphatic hydroxyl groups excluding tert-OH is 2. The summed E-state index contributed by atoms with van der Waals surface area (Å²) in [6.45, 7) is 7.12. The van der Waals surface area contributed by atoms with Crippen molar-refractivity contribution < 1.29 is 39.9 Å². The highest BCUT2D eigenvalue weighted by molar-refractivity contribution is 6.09. The molecule has 0 saturated heterocycles. The van der Waals surface area contributed by atoms with E-state index in [1.807, 2.05) is 32.9 Å². The summed E-state index contributed by atoms with van der Waals surface area (Å²) in [5.74, 6) is -6.89. The first-order chi connectivity index (χ1) is 19.1. The molecule has 8 atom stereocenters. The summed E-state index contributed by atoms with van der Waals surface area (Å²) in [5.41, 5.74) is 3.22.